The van der Waals surface area contributed by atoms with Crippen LogP contribution in [0.3, 0.4) is 0 Å². The first kappa shape index (κ1) is 25.1. The molecule has 0 aromatic rings. The molecule has 170 valence electrons. The molecule has 3 aliphatic rings. The van der Waals surface area contributed by atoms with Gasteiger partial charge in [0.15, 0.2) is 5.96 Å². The summed E-state index contributed by atoms with van der Waals surface area (Å²) < 4.78 is 11.1. The largest absolute Gasteiger partial charge is 0.381 e. The van der Waals surface area contributed by atoms with Gasteiger partial charge in [0.2, 0.25) is 0 Å². The van der Waals surface area contributed by atoms with Crippen molar-refractivity contribution in [2.24, 2.45) is 10.9 Å². The van der Waals surface area contributed by atoms with Crippen molar-refractivity contribution in [3.63, 3.8) is 0 Å². The number of rotatable bonds is 7. The highest BCUT2D eigenvalue weighted by molar-refractivity contribution is 14.0. The monoisotopic (exact) mass is 523 g/mol. The summed E-state index contributed by atoms with van der Waals surface area (Å²) in [5.41, 5.74) is 0. The Balaban J connectivity index is 0.00000300. The van der Waals surface area contributed by atoms with Crippen molar-refractivity contribution in [1.29, 1.82) is 0 Å². The fourth-order valence-corrected chi connectivity index (χ4v) is 4.59. The van der Waals surface area contributed by atoms with Crippen molar-refractivity contribution in [3.05, 3.63) is 0 Å². The van der Waals surface area contributed by atoms with Crippen molar-refractivity contribution in [2.45, 2.75) is 58.2 Å². The molecule has 0 spiro atoms. The third-order valence-corrected chi connectivity index (χ3v) is 6.31. The van der Waals surface area contributed by atoms with E-state index >= 15 is 0 Å². The quantitative estimate of drug-likeness (QED) is 0.302. The number of ether oxygens (including phenoxy) is 2. The molecule has 3 aliphatic heterocycles. The molecular formula is C21H42IN5O2. The second-order valence-corrected chi connectivity index (χ2v) is 8.68. The first-order valence-electron chi connectivity index (χ1n) is 11.3. The Hall–Kier alpha value is -0.160. The van der Waals surface area contributed by atoms with E-state index in [0.29, 0.717) is 18.1 Å². The van der Waals surface area contributed by atoms with Crippen LogP contribution in [0.4, 0.5) is 0 Å². The van der Waals surface area contributed by atoms with Gasteiger partial charge in [0.25, 0.3) is 0 Å². The topological polar surface area (TPSA) is 61.4 Å². The lowest BCUT2D eigenvalue weighted by molar-refractivity contribution is -0.0165. The Kier molecular flexibility index (Phi) is 11.5. The maximum Gasteiger partial charge on any atom is 0.191 e. The van der Waals surface area contributed by atoms with Gasteiger partial charge < -0.3 is 25.0 Å². The van der Waals surface area contributed by atoms with Gasteiger partial charge in [-0.3, -0.25) is 9.89 Å². The summed E-state index contributed by atoms with van der Waals surface area (Å²) in [7, 11) is 0. The highest BCUT2D eigenvalue weighted by Crippen LogP contribution is 2.17. The lowest BCUT2D eigenvalue weighted by Gasteiger charge is -2.37. The first-order chi connectivity index (χ1) is 13.7. The minimum absolute atomic E-state index is 0. The number of hydrogen-bond donors (Lipinski definition) is 2. The van der Waals surface area contributed by atoms with Crippen LogP contribution in [-0.4, -0.2) is 99.6 Å². The standard InChI is InChI=1S/C21H41N5O2.HI/c1-4-22-21(23-13-17(2)26-10-12-28-15-18(26)3)24-20-5-8-25(9-6-20)14-19-7-11-27-16-19;/h17-20H,4-16H2,1-3H3,(H2,22,23,24);1H. The molecule has 3 atom stereocenters. The number of likely N-dealkylation sites (tertiary alicyclic amines) is 1. The molecule has 3 saturated heterocycles. The van der Waals surface area contributed by atoms with Crippen LogP contribution >= 0.6 is 24.0 Å². The van der Waals surface area contributed by atoms with Gasteiger partial charge >= 0.3 is 0 Å². The fourth-order valence-electron chi connectivity index (χ4n) is 4.59. The zero-order valence-corrected chi connectivity index (χ0v) is 20.9. The summed E-state index contributed by atoms with van der Waals surface area (Å²) in [6.45, 7) is 16.5. The van der Waals surface area contributed by atoms with Crippen molar-refractivity contribution < 1.29 is 9.47 Å². The second-order valence-electron chi connectivity index (χ2n) is 8.68. The minimum atomic E-state index is 0. The van der Waals surface area contributed by atoms with Crippen LogP contribution < -0.4 is 10.6 Å². The SMILES string of the molecule is CCNC(=NCC(C)N1CCOCC1C)NC1CCN(CC2CCOC2)CC1.I. The normalized spacial score (nSPS) is 28.7. The number of morpholine rings is 1. The third-order valence-electron chi connectivity index (χ3n) is 6.31. The van der Waals surface area contributed by atoms with Gasteiger partial charge in [-0.05, 0) is 46.0 Å². The molecule has 3 heterocycles. The van der Waals surface area contributed by atoms with E-state index < -0.39 is 0 Å². The Bertz CT molecular complexity index is 482. The molecule has 29 heavy (non-hydrogen) atoms. The number of halogens is 1. The molecule has 8 heteroatoms. The van der Waals surface area contributed by atoms with Gasteiger partial charge in [-0.15, -0.1) is 24.0 Å². The molecule has 0 radical (unpaired) electrons. The van der Waals surface area contributed by atoms with Crippen LogP contribution in [-0.2, 0) is 9.47 Å². The van der Waals surface area contributed by atoms with Crippen molar-refractivity contribution in [3.8, 4) is 0 Å². The molecule has 0 amide bonds. The summed E-state index contributed by atoms with van der Waals surface area (Å²) >= 11 is 0. The summed E-state index contributed by atoms with van der Waals surface area (Å²) in [5, 5.41) is 7.12. The zero-order valence-electron chi connectivity index (χ0n) is 18.6. The molecule has 2 N–H and O–H groups in total. The summed E-state index contributed by atoms with van der Waals surface area (Å²) in [6.07, 6.45) is 3.61. The summed E-state index contributed by atoms with van der Waals surface area (Å²) in [4.78, 5) is 10.0. The molecule has 3 unspecified atom stereocenters. The number of nitrogens with one attached hydrogen (secondary N) is 2. The lowest BCUT2D eigenvalue weighted by atomic mass is 10.0. The Morgan fingerprint density at radius 3 is 2.52 bits per heavy atom. The Morgan fingerprint density at radius 2 is 1.86 bits per heavy atom. The van der Waals surface area contributed by atoms with E-state index in [0.717, 1.165) is 57.9 Å². The first-order valence-corrected chi connectivity index (χ1v) is 11.3. The van der Waals surface area contributed by atoms with Gasteiger partial charge in [0.1, 0.15) is 0 Å². The van der Waals surface area contributed by atoms with Crippen molar-refractivity contribution >= 4 is 29.9 Å². The molecule has 0 aromatic heterocycles. The summed E-state index contributed by atoms with van der Waals surface area (Å²) in [5.74, 6) is 1.71. The average molecular weight is 524 g/mol. The highest BCUT2D eigenvalue weighted by Gasteiger charge is 2.25. The van der Waals surface area contributed by atoms with E-state index in [1.807, 2.05) is 0 Å². The number of hydrogen-bond acceptors (Lipinski definition) is 5. The Morgan fingerprint density at radius 1 is 1.10 bits per heavy atom. The number of guanidine groups is 1. The van der Waals surface area contributed by atoms with E-state index in [4.69, 9.17) is 14.5 Å². The smallest absolute Gasteiger partial charge is 0.191 e. The van der Waals surface area contributed by atoms with E-state index in [2.05, 4.69) is 41.2 Å². The molecule has 0 bridgehead atoms. The number of aliphatic imine (C=N–C) groups is 1. The van der Waals surface area contributed by atoms with E-state index in [-0.39, 0.29) is 24.0 Å². The molecular weight excluding hydrogens is 481 g/mol. The molecule has 0 saturated carbocycles. The van der Waals surface area contributed by atoms with Crippen LogP contribution in [0.2, 0.25) is 0 Å². The molecule has 0 aliphatic carbocycles. The van der Waals surface area contributed by atoms with Gasteiger partial charge in [0, 0.05) is 57.5 Å². The molecule has 7 nitrogen and oxygen atoms in total. The molecule has 0 aromatic carbocycles. The van der Waals surface area contributed by atoms with Gasteiger partial charge in [-0.2, -0.15) is 0 Å². The predicted molar refractivity (Wildman–Crippen MR) is 129 cm³/mol. The predicted octanol–water partition coefficient (Wildman–Crippen LogP) is 1.77. The van der Waals surface area contributed by atoms with Crippen LogP contribution in [0.5, 0.6) is 0 Å². The highest BCUT2D eigenvalue weighted by atomic mass is 127. The fraction of sp³-hybridized carbons (Fsp3) is 0.952. The molecule has 3 fully saturated rings. The van der Waals surface area contributed by atoms with Crippen molar-refractivity contribution in [2.75, 3.05) is 65.7 Å². The molecule has 3 rings (SSSR count). The summed E-state index contributed by atoms with van der Waals surface area (Å²) in [6, 6.07) is 1.43. The maximum absolute atomic E-state index is 5.56. The van der Waals surface area contributed by atoms with Gasteiger partial charge in [-0.1, -0.05) is 0 Å². The third kappa shape index (κ3) is 8.12. The number of nitrogens with zero attached hydrogens (tertiary/aromatic N) is 3. The van der Waals surface area contributed by atoms with Gasteiger partial charge in [-0.25, -0.2) is 0 Å². The minimum Gasteiger partial charge on any atom is -0.381 e. The number of piperidine rings is 1. The lowest BCUT2D eigenvalue weighted by Crippen LogP contribution is -2.51. The van der Waals surface area contributed by atoms with Gasteiger partial charge in [0.05, 0.1) is 26.4 Å². The van der Waals surface area contributed by atoms with Crippen LogP contribution in [0.15, 0.2) is 4.99 Å². The van der Waals surface area contributed by atoms with Crippen LogP contribution in [0.1, 0.15) is 40.0 Å². The van der Waals surface area contributed by atoms with Crippen LogP contribution in [0, 0.1) is 5.92 Å². The van der Waals surface area contributed by atoms with Crippen molar-refractivity contribution in [1.82, 2.24) is 20.4 Å². The van der Waals surface area contributed by atoms with E-state index in [9.17, 15) is 0 Å². The van der Waals surface area contributed by atoms with E-state index in [1.54, 1.807) is 0 Å². The van der Waals surface area contributed by atoms with E-state index in [1.165, 1.54) is 38.9 Å². The maximum atomic E-state index is 5.56. The average Bonchev–Trinajstić information content (AvgIpc) is 3.21. The Labute approximate surface area is 194 Å². The van der Waals surface area contributed by atoms with Crippen LogP contribution in [0.25, 0.3) is 0 Å². The zero-order chi connectivity index (χ0) is 19.8. The second kappa shape index (κ2) is 13.3.